The van der Waals surface area contributed by atoms with E-state index in [1.54, 1.807) is 38.1 Å². The predicted octanol–water partition coefficient (Wildman–Crippen LogP) is 6.34. The molecule has 1 atom stereocenters. The number of allylic oxidation sites excluding steroid dienone is 6. The van der Waals surface area contributed by atoms with Crippen molar-refractivity contribution in [3.8, 4) is 5.95 Å². The monoisotopic (exact) mass is 478 g/mol. The third-order valence-electron chi connectivity index (χ3n) is 5.81. The molecule has 0 radical (unpaired) electrons. The lowest BCUT2D eigenvalue weighted by Crippen LogP contribution is -2.15. The van der Waals surface area contributed by atoms with E-state index in [1.165, 1.54) is 7.11 Å². The van der Waals surface area contributed by atoms with E-state index in [1.807, 2.05) is 26.8 Å². The average Bonchev–Trinajstić information content (AvgIpc) is 3.25. The molecule has 1 aliphatic heterocycles. The number of hydrogen-bond donors (Lipinski definition) is 1. The Balaban J connectivity index is 1.71. The fraction of sp³-hybridized carbons (Fsp3) is 0.321. The van der Waals surface area contributed by atoms with Crippen LogP contribution < -0.4 is 15.4 Å². The van der Waals surface area contributed by atoms with Crippen LogP contribution >= 0.6 is 0 Å². The Hall–Kier alpha value is -3.39. The van der Waals surface area contributed by atoms with Crippen molar-refractivity contribution in [3.05, 3.63) is 103 Å². The van der Waals surface area contributed by atoms with Gasteiger partial charge in [-0.1, -0.05) is 53.2 Å². The number of methoxy groups -OCH3 is 1. The van der Waals surface area contributed by atoms with Crippen LogP contribution in [0.2, 0.25) is 0 Å². The molecule has 1 unspecified atom stereocenters. The first-order valence-electron chi connectivity index (χ1n) is 11.4. The summed E-state index contributed by atoms with van der Waals surface area (Å²) in [5, 5.41) is 19.7. The van der Waals surface area contributed by atoms with Gasteiger partial charge in [0.1, 0.15) is 11.9 Å². The molecule has 0 amide bonds. The summed E-state index contributed by atoms with van der Waals surface area (Å²) in [6, 6.07) is 6.68. The van der Waals surface area contributed by atoms with Gasteiger partial charge in [-0.2, -0.15) is 0 Å². The number of anilines is 1. The molecular weight excluding hydrogens is 446 g/mol. The lowest BCUT2D eigenvalue weighted by Gasteiger charge is -2.21. The summed E-state index contributed by atoms with van der Waals surface area (Å²) in [5.74, 6) is 0.753. The first kappa shape index (κ1) is 26.2. The summed E-state index contributed by atoms with van der Waals surface area (Å²) < 4.78 is 17.0. The van der Waals surface area contributed by atoms with Crippen molar-refractivity contribution in [2.45, 2.75) is 47.1 Å². The summed E-state index contributed by atoms with van der Waals surface area (Å²) in [6.07, 6.45) is 8.62. The molecule has 2 heterocycles. The Morgan fingerprint density at radius 2 is 1.74 bits per heavy atom. The number of nitrogens with zero attached hydrogens (tertiary/aromatic N) is 1. The Morgan fingerprint density at radius 1 is 1.09 bits per heavy atom. The Kier molecular flexibility index (Phi) is 8.51. The third kappa shape index (κ3) is 6.60. The highest BCUT2D eigenvalue weighted by atomic mass is 16.8. The minimum atomic E-state index is -0.316. The third-order valence-corrected chi connectivity index (χ3v) is 5.81. The highest BCUT2D eigenvalue weighted by Gasteiger charge is 2.28. The Morgan fingerprint density at radius 3 is 2.37 bits per heavy atom. The van der Waals surface area contributed by atoms with E-state index < -0.39 is 0 Å². The average molecular weight is 479 g/mol. The molecule has 1 N–H and O–H groups in total. The van der Waals surface area contributed by atoms with Gasteiger partial charge in [-0.3, -0.25) is 10.0 Å². The zero-order valence-electron chi connectivity index (χ0n) is 21.0. The standard InChI is InChI=1S/C28H32NO6/c1-17(11-18(2)13-22-7-9-24(10-8-22)29(31)32)12-19(3)14-23-15-25(34-16-23)27-20(4)26(30)21(5)28(33-6)35-27/h7-14,25,31H,15-16H2,1-6H3/q-1. The molecule has 0 saturated carbocycles. The smallest absolute Gasteiger partial charge is 0.291 e. The molecule has 0 spiro atoms. The lowest BCUT2D eigenvalue weighted by atomic mass is 10.0. The summed E-state index contributed by atoms with van der Waals surface area (Å²) in [4.78, 5) is 12.5. The van der Waals surface area contributed by atoms with Gasteiger partial charge in [0.2, 0.25) is 0 Å². The molecule has 1 aromatic heterocycles. The SMILES string of the molecule is COc1oc(C2CC(=CC(C)=CC(C)=CC(C)=Cc3ccc(N([O-])O)cc3)CO2)c(C)c(=O)c1C. The maximum absolute atomic E-state index is 12.5. The van der Waals surface area contributed by atoms with Gasteiger partial charge in [0.15, 0.2) is 5.43 Å². The minimum Gasteiger partial charge on any atom is -0.733 e. The maximum atomic E-state index is 12.5. The van der Waals surface area contributed by atoms with Crippen LogP contribution in [-0.4, -0.2) is 18.9 Å². The van der Waals surface area contributed by atoms with Gasteiger partial charge in [-0.15, -0.1) is 0 Å². The lowest BCUT2D eigenvalue weighted by molar-refractivity contribution is 0.0880. The molecule has 3 rings (SSSR count). The van der Waals surface area contributed by atoms with Gasteiger partial charge >= 0.3 is 0 Å². The number of hydrogen-bond acceptors (Lipinski definition) is 7. The quantitative estimate of drug-likeness (QED) is 0.366. The van der Waals surface area contributed by atoms with Crippen LogP contribution in [0.25, 0.3) is 6.08 Å². The molecule has 1 fully saturated rings. The van der Waals surface area contributed by atoms with E-state index >= 15 is 0 Å². The number of ether oxygens (including phenoxy) is 2. The van der Waals surface area contributed by atoms with Crippen LogP contribution in [0.15, 0.2) is 74.0 Å². The molecule has 0 bridgehead atoms. The zero-order valence-corrected chi connectivity index (χ0v) is 21.0. The second kappa shape index (κ2) is 11.4. The first-order chi connectivity index (χ1) is 16.6. The van der Waals surface area contributed by atoms with Crippen molar-refractivity contribution < 1.29 is 19.1 Å². The van der Waals surface area contributed by atoms with Crippen molar-refractivity contribution in [2.24, 2.45) is 0 Å². The van der Waals surface area contributed by atoms with E-state index in [9.17, 15) is 10.0 Å². The van der Waals surface area contributed by atoms with Gasteiger partial charge in [0, 0.05) is 12.0 Å². The summed E-state index contributed by atoms with van der Waals surface area (Å²) in [6.45, 7) is 10.0. The number of rotatable bonds is 7. The summed E-state index contributed by atoms with van der Waals surface area (Å²) in [7, 11) is 1.49. The molecule has 186 valence electrons. The molecule has 2 aromatic rings. The van der Waals surface area contributed by atoms with Crippen LogP contribution in [0.1, 0.15) is 55.7 Å². The molecule has 7 heteroatoms. The molecule has 35 heavy (non-hydrogen) atoms. The normalized spacial score (nSPS) is 18.3. The Bertz CT molecular complexity index is 1250. The maximum Gasteiger partial charge on any atom is 0.291 e. The van der Waals surface area contributed by atoms with Crippen molar-refractivity contribution in [3.63, 3.8) is 0 Å². The topological polar surface area (TPSA) is 95.2 Å². The molecule has 0 aliphatic carbocycles. The van der Waals surface area contributed by atoms with Crippen LogP contribution in [0.3, 0.4) is 0 Å². The van der Waals surface area contributed by atoms with E-state index in [-0.39, 0.29) is 28.4 Å². The van der Waals surface area contributed by atoms with Crippen LogP contribution in [0.4, 0.5) is 5.69 Å². The molecule has 1 saturated heterocycles. The van der Waals surface area contributed by atoms with E-state index in [2.05, 4.69) is 18.2 Å². The first-order valence-corrected chi connectivity index (χ1v) is 11.4. The van der Waals surface area contributed by atoms with Crippen molar-refractivity contribution >= 4 is 11.8 Å². The summed E-state index contributed by atoms with van der Waals surface area (Å²) >= 11 is 0. The van der Waals surface area contributed by atoms with Gasteiger partial charge in [0.25, 0.3) is 5.95 Å². The fourth-order valence-corrected chi connectivity index (χ4v) is 4.20. The van der Waals surface area contributed by atoms with E-state index in [0.717, 1.165) is 27.9 Å². The second-order valence-electron chi connectivity index (χ2n) is 8.87. The minimum absolute atomic E-state index is 0.0823. The van der Waals surface area contributed by atoms with Gasteiger partial charge in [-0.25, -0.2) is 0 Å². The predicted molar refractivity (Wildman–Crippen MR) is 138 cm³/mol. The molecule has 7 nitrogen and oxygen atoms in total. The van der Waals surface area contributed by atoms with Crippen molar-refractivity contribution in [1.82, 2.24) is 0 Å². The van der Waals surface area contributed by atoms with Gasteiger partial charge in [-0.05, 0) is 57.9 Å². The van der Waals surface area contributed by atoms with E-state index in [4.69, 9.17) is 19.1 Å². The van der Waals surface area contributed by atoms with Crippen LogP contribution in [-0.2, 0) is 4.74 Å². The molecule has 1 aliphatic rings. The summed E-state index contributed by atoms with van der Waals surface area (Å²) in [5.41, 5.74) is 6.42. The highest BCUT2D eigenvalue weighted by Crippen LogP contribution is 2.35. The molecular formula is C28H32NO6-. The number of benzene rings is 1. The van der Waals surface area contributed by atoms with Gasteiger partial charge < -0.3 is 24.3 Å². The second-order valence-corrected chi connectivity index (χ2v) is 8.87. The van der Waals surface area contributed by atoms with Crippen LogP contribution in [0.5, 0.6) is 5.95 Å². The fourth-order valence-electron chi connectivity index (χ4n) is 4.20. The highest BCUT2D eigenvalue weighted by molar-refractivity contribution is 5.59. The van der Waals surface area contributed by atoms with E-state index in [0.29, 0.717) is 29.9 Å². The Labute approximate surface area is 205 Å². The van der Waals surface area contributed by atoms with Crippen molar-refractivity contribution in [2.75, 3.05) is 18.9 Å². The molecule has 1 aromatic carbocycles. The van der Waals surface area contributed by atoms with Gasteiger partial charge in [0.05, 0.1) is 25.0 Å². The largest absolute Gasteiger partial charge is 0.733 e. The van der Waals surface area contributed by atoms with Crippen molar-refractivity contribution in [1.29, 1.82) is 0 Å². The zero-order chi connectivity index (χ0) is 25.7. The van der Waals surface area contributed by atoms with Crippen LogP contribution in [0, 0.1) is 19.1 Å².